The molecule has 5 heteroatoms. The van der Waals surface area contributed by atoms with Crippen LogP contribution in [-0.4, -0.2) is 10.8 Å². The van der Waals surface area contributed by atoms with E-state index in [-0.39, 0.29) is 0 Å². The van der Waals surface area contributed by atoms with E-state index in [4.69, 9.17) is 9.73 Å². The van der Waals surface area contributed by atoms with Gasteiger partial charge in [-0.1, -0.05) is 38.1 Å². The number of allylic oxidation sites excluding steroid dienone is 2. The summed E-state index contributed by atoms with van der Waals surface area (Å²) in [7, 11) is 0. The lowest BCUT2D eigenvalue weighted by molar-refractivity contribution is 0.481. The van der Waals surface area contributed by atoms with Gasteiger partial charge >= 0.3 is 0 Å². The van der Waals surface area contributed by atoms with Crippen molar-refractivity contribution in [2.24, 2.45) is 4.99 Å². The van der Waals surface area contributed by atoms with Crippen molar-refractivity contribution >= 4 is 27.6 Å². The number of pyridine rings is 1. The summed E-state index contributed by atoms with van der Waals surface area (Å²) >= 11 is 3.45. The topological polar surface area (TPSA) is 46.5 Å². The Labute approximate surface area is 158 Å². The molecule has 0 unspecified atom stereocenters. The number of hydrogen-bond acceptors (Lipinski definition) is 3. The lowest BCUT2D eigenvalue weighted by Crippen LogP contribution is -2.22. The average molecular weight is 402 g/mol. The van der Waals surface area contributed by atoms with Crippen molar-refractivity contribution in [3.05, 3.63) is 58.8 Å². The molecule has 0 aliphatic carbocycles. The molecule has 0 spiro atoms. The second-order valence-corrected chi connectivity index (χ2v) is 6.41. The molecule has 132 valence electrons. The van der Waals surface area contributed by atoms with Gasteiger partial charge in [0.2, 0.25) is 0 Å². The number of rotatable bonds is 7. The molecule has 1 aromatic heterocycles. The average Bonchev–Trinajstić information content (AvgIpc) is 2.62. The minimum Gasteiger partial charge on any atom is -0.453 e. The lowest BCUT2D eigenvalue weighted by Gasteiger charge is -2.13. The van der Waals surface area contributed by atoms with Crippen LogP contribution < -0.4 is 10.1 Å². The van der Waals surface area contributed by atoms with Crippen molar-refractivity contribution in [3.8, 4) is 11.5 Å². The number of ether oxygens (including phenoxy) is 1. The van der Waals surface area contributed by atoms with Crippen molar-refractivity contribution in [2.45, 2.75) is 40.0 Å². The number of nitrogens with zero attached hydrogens (tertiary/aromatic N) is 2. The van der Waals surface area contributed by atoms with Crippen molar-refractivity contribution in [1.82, 2.24) is 10.3 Å². The zero-order valence-corrected chi connectivity index (χ0v) is 16.5. The summed E-state index contributed by atoms with van der Waals surface area (Å²) in [4.78, 5) is 9.17. The van der Waals surface area contributed by atoms with Gasteiger partial charge < -0.3 is 10.1 Å². The molecule has 0 radical (unpaired) electrons. The highest BCUT2D eigenvalue weighted by molar-refractivity contribution is 9.10. The highest BCUT2D eigenvalue weighted by Gasteiger charge is 2.09. The SMILES string of the molecule is C/C=C(/CC)N/C(CCC)=N/c1ncc(Br)cc1Oc1ccccc1. The quantitative estimate of drug-likeness (QED) is 0.432. The molecular formula is C20H24BrN3O. The van der Waals surface area contributed by atoms with E-state index in [1.54, 1.807) is 6.20 Å². The lowest BCUT2D eigenvalue weighted by atomic mass is 10.2. The molecule has 1 aromatic carbocycles. The predicted octanol–water partition coefficient (Wildman–Crippen LogP) is 6.37. The first-order valence-electron chi connectivity index (χ1n) is 8.54. The summed E-state index contributed by atoms with van der Waals surface area (Å²) < 4.78 is 6.84. The van der Waals surface area contributed by atoms with Gasteiger partial charge in [-0.25, -0.2) is 9.98 Å². The molecule has 0 aliphatic rings. The largest absolute Gasteiger partial charge is 0.453 e. The minimum absolute atomic E-state index is 0.564. The van der Waals surface area contributed by atoms with E-state index in [1.165, 1.54) is 0 Å². The van der Waals surface area contributed by atoms with Gasteiger partial charge in [-0.2, -0.15) is 0 Å². The van der Waals surface area contributed by atoms with E-state index >= 15 is 0 Å². The fourth-order valence-corrected chi connectivity index (χ4v) is 2.56. The maximum Gasteiger partial charge on any atom is 0.197 e. The normalized spacial score (nSPS) is 12.2. The summed E-state index contributed by atoms with van der Waals surface area (Å²) in [6, 6.07) is 11.5. The first-order valence-corrected chi connectivity index (χ1v) is 9.33. The molecule has 25 heavy (non-hydrogen) atoms. The van der Waals surface area contributed by atoms with Gasteiger partial charge in [0.15, 0.2) is 11.6 Å². The zero-order chi connectivity index (χ0) is 18.1. The molecule has 2 aromatic rings. The van der Waals surface area contributed by atoms with Crippen LogP contribution in [0.25, 0.3) is 0 Å². The van der Waals surface area contributed by atoms with Gasteiger partial charge in [0.05, 0.1) is 0 Å². The van der Waals surface area contributed by atoms with Crippen molar-refractivity contribution in [3.63, 3.8) is 0 Å². The fraction of sp³-hybridized carbons (Fsp3) is 0.300. The Balaban J connectivity index is 2.35. The number of halogens is 1. The van der Waals surface area contributed by atoms with Crippen LogP contribution in [0.3, 0.4) is 0 Å². The van der Waals surface area contributed by atoms with Crippen LogP contribution in [0.1, 0.15) is 40.0 Å². The monoisotopic (exact) mass is 401 g/mol. The van der Waals surface area contributed by atoms with Gasteiger partial charge in [0.25, 0.3) is 0 Å². The predicted molar refractivity (Wildman–Crippen MR) is 108 cm³/mol. The van der Waals surface area contributed by atoms with Crippen molar-refractivity contribution in [1.29, 1.82) is 0 Å². The van der Waals surface area contributed by atoms with Crippen LogP contribution in [0.5, 0.6) is 11.5 Å². The highest BCUT2D eigenvalue weighted by Crippen LogP contribution is 2.32. The third-order valence-corrected chi connectivity index (χ3v) is 3.97. The summed E-state index contributed by atoms with van der Waals surface area (Å²) in [5, 5.41) is 3.41. The molecule has 0 saturated heterocycles. The summed E-state index contributed by atoms with van der Waals surface area (Å²) in [5.74, 6) is 2.83. The Morgan fingerprint density at radius 3 is 2.68 bits per heavy atom. The molecule has 0 fully saturated rings. The zero-order valence-electron chi connectivity index (χ0n) is 14.9. The van der Waals surface area contributed by atoms with E-state index in [0.717, 1.165) is 41.0 Å². The standard InChI is InChI=1S/C20H24BrN3O/c1-4-10-19(23-16(5-2)6-3)24-20-18(13-15(21)14-22-20)25-17-11-8-7-9-12-17/h5,7-9,11-14H,4,6,10H2,1-3H3,(H,22,23,24)/b16-5-. The number of para-hydroxylation sites is 1. The van der Waals surface area contributed by atoms with Gasteiger partial charge in [-0.05, 0) is 47.8 Å². The van der Waals surface area contributed by atoms with Gasteiger partial charge in [0.1, 0.15) is 11.6 Å². The molecule has 2 rings (SSSR count). The third-order valence-electron chi connectivity index (χ3n) is 3.53. The van der Waals surface area contributed by atoms with Gasteiger partial charge in [-0.3, -0.25) is 0 Å². The number of nitrogens with one attached hydrogen (secondary N) is 1. The number of hydrogen-bond donors (Lipinski definition) is 1. The van der Waals surface area contributed by atoms with E-state index in [0.29, 0.717) is 11.6 Å². The molecule has 0 atom stereocenters. The van der Waals surface area contributed by atoms with E-state index in [1.807, 2.05) is 43.3 Å². The maximum absolute atomic E-state index is 5.99. The molecule has 1 N–H and O–H groups in total. The second kappa shape index (κ2) is 9.99. The van der Waals surface area contributed by atoms with Crippen LogP contribution in [-0.2, 0) is 0 Å². The number of benzene rings is 1. The molecule has 1 heterocycles. The second-order valence-electron chi connectivity index (χ2n) is 5.49. The molecule has 0 amide bonds. The Morgan fingerprint density at radius 2 is 2.04 bits per heavy atom. The van der Waals surface area contributed by atoms with E-state index in [2.05, 4.69) is 46.2 Å². The van der Waals surface area contributed by atoms with Crippen molar-refractivity contribution in [2.75, 3.05) is 0 Å². The van der Waals surface area contributed by atoms with Crippen LogP contribution in [0.15, 0.2) is 63.8 Å². The summed E-state index contributed by atoms with van der Waals surface area (Å²) in [6.07, 6.45) is 6.58. The first-order chi connectivity index (χ1) is 12.2. The number of amidine groups is 1. The fourth-order valence-electron chi connectivity index (χ4n) is 2.25. The van der Waals surface area contributed by atoms with Crippen LogP contribution in [0, 0.1) is 0 Å². The Morgan fingerprint density at radius 1 is 1.28 bits per heavy atom. The van der Waals surface area contributed by atoms with E-state index < -0.39 is 0 Å². The molecule has 0 bridgehead atoms. The molecule has 0 aliphatic heterocycles. The molecule has 0 saturated carbocycles. The minimum atomic E-state index is 0.564. The number of aliphatic imine (C=N–C) groups is 1. The molecule has 4 nitrogen and oxygen atoms in total. The Hall–Kier alpha value is -2.14. The summed E-state index contributed by atoms with van der Waals surface area (Å²) in [5.41, 5.74) is 1.15. The van der Waals surface area contributed by atoms with E-state index in [9.17, 15) is 0 Å². The van der Waals surface area contributed by atoms with Crippen molar-refractivity contribution < 1.29 is 4.74 Å². The maximum atomic E-state index is 5.99. The smallest absolute Gasteiger partial charge is 0.197 e. The van der Waals surface area contributed by atoms with Gasteiger partial charge in [0, 0.05) is 28.9 Å². The van der Waals surface area contributed by atoms with Crippen LogP contribution in [0.2, 0.25) is 0 Å². The Kier molecular flexibility index (Phi) is 7.67. The van der Waals surface area contributed by atoms with Gasteiger partial charge in [-0.15, -0.1) is 0 Å². The third kappa shape index (κ3) is 6.02. The first kappa shape index (κ1) is 19.2. The van der Waals surface area contributed by atoms with Crippen LogP contribution >= 0.6 is 15.9 Å². The molecular weight excluding hydrogens is 378 g/mol. The summed E-state index contributed by atoms with van der Waals surface area (Å²) in [6.45, 7) is 6.28. The Bertz CT molecular complexity index is 742. The number of aromatic nitrogens is 1. The highest BCUT2D eigenvalue weighted by atomic mass is 79.9. The van der Waals surface area contributed by atoms with Crippen LogP contribution in [0.4, 0.5) is 5.82 Å².